The molecule has 5 amide bonds. The summed E-state index contributed by atoms with van der Waals surface area (Å²) < 4.78 is 0. The average Bonchev–Trinajstić information content (AvgIpc) is 3.07. The lowest BCUT2D eigenvalue weighted by atomic mass is 10.2. The standard InChI is InChI=1S/C16H27N5O5/c1-9(14(24)17-4)20-13(23)8-18-15(25)12-6-5-7-21(12)16(26)10(2)19-11(3)22/h9-10,12H,5-8H2,1-4H3,(H,17,24)(H,18,25)(H,19,22)(H,20,23)/t9-,10-,12+/m1/s1. The minimum Gasteiger partial charge on any atom is -0.357 e. The topological polar surface area (TPSA) is 137 Å². The molecule has 1 rings (SSSR count). The first-order valence-electron chi connectivity index (χ1n) is 8.53. The summed E-state index contributed by atoms with van der Waals surface area (Å²) in [5.74, 6) is -1.95. The van der Waals surface area contributed by atoms with E-state index < -0.39 is 29.9 Å². The minimum atomic E-state index is -0.724. The van der Waals surface area contributed by atoms with Crippen molar-refractivity contribution < 1.29 is 24.0 Å². The average molecular weight is 369 g/mol. The van der Waals surface area contributed by atoms with E-state index in [1.165, 1.54) is 25.8 Å². The number of likely N-dealkylation sites (N-methyl/N-ethyl adjacent to an activating group) is 1. The second-order valence-corrected chi connectivity index (χ2v) is 6.23. The molecule has 10 heteroatoms. The molecule has 10 nitrogen and oxygen atoms in total. The molecule has 4 N–H and O–H groups in total. The first-order valence-corrected chi connectivity index (χ1v) is 8.53. The van der Waals surface area contributed by atoms with Gasteiger partial charge in [-0.25, -0.2) is 0 Å². The summed E-state index contributed by atoms with van der Waals surface area (Å²) in [7, 11) is 1.46. The number of rotatable bonds is 7. The molecule has 1 fully saturated rings. The molecule has 1 aliphatic heterocycles. The molecule has 1 heterocycles. The van der Waals surface area contributed by atoms with Gasteiger partial charge in [0.1, 0.15) is 18.1 Å². The van der Waals surface area contributed by atoms with E-state index in [4.69, 9.17) is 0 Å². The van der Waals surface area contributed by atoms with Crippen LogP contribution in [0, 0.1) is 0 Å². The number of nitrogens with one attached hydrogen (secondary N) is 4. The highest BCUT2D eigenvalue weighted by Gasteiger charge is 2.36. The van der Waals surface area contributed by atoms with Crippen molar-refractivity contribution in [2.24, 2.45) is 0 Å². The molecule has 0 aromatic carbocycles. The molecule has 0 aromatic rings. The monoisotopic (exact) mass is 369 g/mol. The van der Waals surface area contributed by atoms with Gasteiger partial charge in [-0.05, 0) is 26.7 Å². The first kappa shape index (κ1) is 21.4. The fourth-order valence-electron chi connectivity index (χ4n) is 2.78. The van der Waals surface area contributed by atoms with Crippen molar-refractivity contribution in [3.63, 3.8) is 0 Å². The lowest BCUT2D eigenvalue weighted by Gasteiger charge is -2.27. The van der Waals surface area contributed by atoms with Crippen LogP contribution >= 0.6 is 0 Å². The first-order chi connectivity index (χ1) is 12.2. The Morgan fingerprint density at radius 2 is 1.73 bits per heavy atom. The third kappa shape index (κ3) is 6.01. The van der Waals surface area contributed by atoms with Crippen LogP contribution in [0.25, 0.3) is 0 Å². The highest BCUT2D eigenvalue weighted by Crippen LogP contribution is 2.18. The van der Waals surface area contributed by atoms with Crippen LogP contribution in [0.15, 0.2) is 0 Å². The number of nitrogens with zero attached hydrogens (tertiary/aromatic N) is 1. The molecule has 26 heavy (non-hydrogen) atoms. The lowest BCUT2D eigenvalue weighted by Crippen LogP contribution is -2.53. The maximum atomic E-state index is 12.4. The van der Waals surface area contributed by atoms with Crippen molar-refractivity contribution in [2.75, 3.05) is 20.1 Å². The Labute approximate surface area is 152 Å². The van der Waals surface area contributed by atoms with Crippen molar-refractivity contribution in [1.29, 1.82) is 0 Å². The summed E-state index contributed by atoms with van der Waals surface area (Å²) in [4.78, 5) is 60.4. The molecule has 0 aliphatic carbocycles. The van der Waals surface area contributed by atoms with Gasteiger partial charge in [0.05, 0.1) is 6.54 Å². The fraction of sp³-hybridized carbons (Fsp3) is 0.688. The smallest absolute Gasteiger partial charge is 0.245 e. The van der Waals surface area contributed by atoms with Gasteiger partial charge >= 0.3 is 0 Å². The van der Waals surface area contributed by atoms with Crippen molar-refractivity contribution in [2.45, 2.75) is 51.7 Å². The van der Waals surface area contributed by atoms with E-state index in [1.807, 2.05) is 0 Å². The molecule has 0 saturated carbocycles. The molecular weight excluding hydrogens is 342 g/mol. The van der Waals surface area contributed by atoms with E-state index in [0.29, 0.717) is 19.4 Å². The van der Waals surface area contributed by atoms with Crippen LogP contribution in [0.3, 0.4) is 0 Å². The predicted octanol–water partition coefficient (Wildman–Crippen LogP) is -2.13. The molecular formula is C16H27N5O5. The zero-order valence-electron chi connectivity index (χ0n) is 15.5. The molecule has 0 aromatic heterocycles. The van der Waals surface area contributed by atoms with Crippen molar-refractivity contribution in [3.05, 3.63) is 0 Å². The van der Waals surface area contributed by atoms with Crippen LogP contribution < -0.4 is 21.3 Å². The number of hydrogen-bond donors (Lipinski definition) is 4. The van der Waals surface area contributed by atoms with Gasteiger partial charge in [-0.3, -0.25) is 24.0 Å². The number of carbonyl (C=O) groups is 5. The minimum absolute atomic E-state index is 0.292. The lowest BCUT2D eigenvalue weighted by molar-refractivity contribution is -0.141. The van der Waals surface area contributed by atoms with E-state index in [-0.39, 0.29) is 24.3 Å². The quantitative estimate of drug-likeness (QED) is 0.406. The van der Waals surface area contributed by atoms with Gasteiger partial charge < -0.3 is 26.2 Å². The molecule has 3 atom stereocenters. The zero-order chi connectivity index (χ0) is 19.9. The Balaban J connectivity index is 2.55. The van der Waals surface area contributed by atoms with Crippen LogP contribution in [-0.4, -0.2) is 72.7 Å². The van der Waals surface area contributed by atoms with Gasteiger partial charge in [0, 0.05) is 20.5 Å². The number of hydrogen-bond acceptors (Lipinski definition) is 5. The molecule has 0 unspecified atom stereocenters. The molecule has 146 valence electrons. The molecule has 1 saturated heterocycles. The molecule has 0 radical (unpaired) electrons. The normalized spacial score (nSPS) is 18.5. The molecule has 1 aliphatic rings. The van der Waals surface area contributed by atoms with Gasteiger partial charge in [-0.1, -0.05) is 0 Å². The summed E-state index contributed by atoms with van der Waals surface area (Å²) in [5.41, 5.74) is 0. The van der Waals surface area contributed by atoms with Gasteiger partial charge in [0.2, 0.25) is 29.5 Å². The van der Waals surface area contributed by atoms with Gasteiger partial charge in [-0.2, -0.15) is 0 Å². The van der Waals surface area contributed by atoms with Crippen LogP contribution in [0.1, 0.15) is 33.6 Å². The molecule has 0 spiro atoms. The largest absolute Gasteiger partial charge is 0.357 e. The van der Waals surface area contributed by atoms with Crippen molar-refractivity contribution in [1.82, 2.24) is 26.2 Å². The Kier molecular flexibility index (Phi) is 8.01. The maximum absolute atomic E-state index is 12.4. The fourth-order valence-corrected chi connectivity index (χ4v) is 2.78. The van der Waals surface area contributed by atoms with Crippen LogP contribution in [0.5, 0.6) is 0 Å². The second-order valence-electron chi connectivity index (χ2n) is 6.23. The van der Waals surface area contributed by atoms with Crippen LogP contribution in [0.4, 0.5) is 0 Å². The number of likely N-dealkylation sites (tertiary alicyclic amines) is 1. The summed E-state index contributed by atoms with van der Waals surface area (Å²) in [6.07, 6.45) is 1.15. The maximum Gasteiger partial charge on any atom is 0.245 e. The van der Waals surface area contributed by atoms with Crippen molar-refractivity contribution in [3.8, 4) is 0 Å². The van der Waals surface area contributed by atoms with Gasteiger partial charge in [-0.15, -0.1) is 0 Å². The Morgan fingerprint density at radius 1 is 1.08 bits per heavy atom. The predicted molar refractivity (Wildman–Crippen MR) is 92.7 cm³/mol. The van der Waals surface area contributed by atoms with Crippen LogP contribution in [0.2, 0.25) is 0 Å². The summed E-state index contributed by atoms with van der Waals surface area (Å²) >= 11 is 0. The van der Waals surface area contributed by atoms with E-state index in [1.54, 1.807) is 6.92 Å². The second kappa shape index (κ2) is 9.73. The van der Waals surface area contributed by atoms with E-state index in [0.717, 1.165) is 0 Å². The van der Waals surface area contributed by atoms with Crippen LogP contribution in [-0.2, 0) is 24.0 Å². The Bertz CT molecular complexity index is 579. The summed E-state index contributed by atoms with van der Waals surface area (Å²) in [5, 5.41) is 9.85. The SMILES string of the molecule is CNC(=O)[C@@H](C)NC(=O)CNC(=O)[C@@H]1CCCN1C(=O)[C@@H](C)NC(C)=O. The van der Waals surface area contributed by atoms with Crippen molar-refractivity contribution >= 4 is 29.5 Å². The van der Waals surface area contributed by atoms with E-state index in [9.17, 15) is 24.0 Å². The number of carbonyl (C=O) groups excluding carboxylic acids is 5. The third-order valence-electron chi connectivity index (χ3n) is 4.07. The highest BCUT2D eigenvalue weighted by atomic mass is 16.2. The third-order valence-corrected chi connectivity index (χ3v) is 4.07. The summed E-state index contributed by atoms with van der Waals surface area (Å²) in [6, 6.07) is -2.12. The van der Waals surface area contributed by atoms with Gasteiger partial charge in [0.25, 0.3) is 0 Å². The zero-order valence-corrected chi connectivity index (χ0v) is 15.5. The van der Waals surface area contributed by atoms with Gasteiger partial charge in [0.15, 0.2) is 0 Å². The van der Waals surface area contributed by atoms with E-state index >= 15 is 0 Å². The van der Waals surface area contributed by atoms with E-state index in [2.05, 4.69) is 21.3 Å². The summed E-state index contributed by atoms with van der Waals surface area (Å²) in [6.45, 7) is 4.53. The Hall–Kier alpha value is -2.65. The Morgan fingerprint density at radius 3 is 2.31 bits per heavy atom. The number of amides is 5. The molecule has 0 bridgehead atoms. The highest BCUT2D eigenvalue weighted by molar-refractivity contribution is 5.94.